The van der Waals surface area contributed by atoms with Crippen LogP contribution in [0.4, 0.5) is 0 Å². The van der Waals surface area contributed by atoms with Crippen LogP contribution in [0.15, 0.2) is 0 Å². The summed E-state index contributed by atoms with van der Waals surface area (Å²) in [6.45, 7) is 1.16. The van der Waals surface area contributed by atoms with Crippen LogP contribution in [0, 0.1) is 0 Å². The van der Waals surface area contributed by atoms with E-state index in [1.807, 2.05) is 0 Å². The van der Waals surface area contributed by atoms with E-state index < -0.39 is 0 Å². The van der Waals surface area contributed by atoms with Crippen LogP contribution in [-0.4, -0.2) is 48.6 Å². The molecule has 0 unspecified atom stereocenters. The quantitative estimate of drug-likeness (QED) is 0.333. The largest absolute Gasteiger partial charge is 0.466 e. The fraction of sp³-hybridized carbons (Fsp3) is 0.882. The molecule has 0 amide bonds. The molecule has 0 aliphatic rings. The Labute approximate surface area is 139 Å². The number of carbonyl (C=O) groups is 2. The minimum absolute atomic E-state index is 0.169. The lowest BCUT2D eigenvalue weighted by atomic mass is 10.2. The van der Waals surface area contributed by atoms with Crippen LogP contribution in [-0.2, 0) is 19.1 Å². The molecule has 136 valence electrons. The van der Waals surface area contributed by atoms with Crippen molar-refractivity contribution in [2.45, 2.75) is 70.6 Å². The smallest absolute Gasteiger partial charge is 0.305 e. The molecule has 0 aromatic carbocycles. The predicted octanol–water partition coefficient (Wildman–Crippen LogP) is 2.35. The van der Waals surface area contributed by atoms with Crippen LogP contribution in [0.1, 0.15) is 70.6 Å². The van der Waals surface area contributed by atoms with Gasteiger partial charge < -0.3 is 19.7 Å². The van der Waals surface area contributed by atoms with Gasteiger partial charge in [-0.25, -0.2) is 0 Å². The summed E-state index contributed by atoms with van der Waals surface area (Å²) < 4.78 is 10.2. The summed E-state index contributed by atoms with van der Waals surface area (Å²) in [5.41, 5.74) is 0. The van der Waals surface area contributed by atoms with Crippen LogP contribution in [0.25, 0.3) is 0 Å². The zero-order valence-electron chi connectivity index (χ0n) is 14.1. The van der Waals surface area contributed by atoms with E-state index in [-0.39, 0.29) is 25.2 Å². The number of ether oxygens (including phenoxy) is 2. The maximum Gasteiger partial charge on any atom is 0.305 e. The number of esters is 2. The van der Waals surface area contributed by atoms with E-state index >= 15 is 0 Å². The number of hydrogen-bond acceptors (Lipinski definition) is 6. The molecule has 0 bridgehead atoms. The van der Waals surface area contributed by atoms with E-state index in [4.69, 9.17) is 19.7 Å². The van der Waals surface area contributed by atoms with Gasteiger partial charge in [-0.3, -0.25) is 9.59 Å². The van der Waals surface area contributed by atoms with Crippen molar-refractivity contribution in [3.8, 4) is 0 Å². The third-order valence-corrected chi connectivity index (χ3v) is 3.39. The first-order valence-electron chi connectivity index (χ1n) is 8.73. The first kappa shape index (κ1) is 21.9. The molecule has 0 atom stereocenters. The maximum absolute atomic E-state index is 11.4. The molecule has 0 saturated heterocycles. The van der Waals surface area contributed by atoms with Gasteiger partial charge in [0.1, 0.15) is 0 Å². The van der Waals surface area contributed by atoms with Crippen molar-refractivity contribution in [1.82, 2.24) is 0 Å². The summed E-state index contributed by atoms with van der Waals surface area (Å²) >= 11 is 0. The number of aliphatic hydroxyl groups is 2. The lowest BCUT2D eigenvalue weighted by Crippen LogP contribution is -2.07. The summed E-state index contributed by atoms with van der Waals surface area (Å²) in [7, 11) is 0. The molecule has 0 aromatic rings. The average Bonchev–Trinajstić information content (AvgIpc) is 2.54. The van der Waals surface area contributed by atoms with E-state index in [1.165, 1.54) is 0 Å². The van der Waals surface area contributed by atoms with Crippen LogP contribution >= 0.6 is 0 Å². The molecule has 2 N–H and O–H groups in total. The van der Waals surface area contributed by atoms with Crippen molar-refractivity contribution in [2.24, 2.45) is 0 Å². The van der Waals surface area contributed by atoms with E-state index in [9.17, 15) is 9.59 Å². The van der Waals surface area contributed by atoms with E-state index in [1.54, 1.807) is 0 Å². The Balaban J connectivity index is 3.26. The number of hydrogen-bond donors (Lipinski definition) is 2. The van der Waals surface area contributed by atoms with E-state index in [2.05, 4.69) is 0 Å². The van der Waals surface area contributed by atoms with Gasteiger partial charge in [0.2, 0.25) is 0 Å². The molecule has 0 aliphatic heterocycles. The Bertz CT molecular complexity index is 265. The van der Waals surface area contributed by atoms with E-state index in [0.717, 1.165) is 57.8 Å². The van der Waals surface area contributed by atoms with Gasteiger partial charge in [-0.15, -0.1) is 0 Å². The van der Waals surface area contributed by atoms with E-state index in [0.29, 0.717) is 26.1 Å². The zero-order valence-corrected chi connectivity index (χ0v) is 14.1. The Kier molecular flexibility index (Phi) is 16.4. The molecule has 0 spiro atoms. The lowest BCUT2D eigenvalue weighted by Gasteiger charge is -2.06. The highest BCUT2D eigenvalue weighted by Gasteiger charge is 2.04. The van der Waals surface area contributed by atoms with Crippen molar-refractivity contribution in [3.05, 3.63) is 0 Å². The van der Waals surface area contributed by atoms with Crippen LogP contribution in [0.2, 0.25) is 0 Å². The fourth-order valence-electron chi connectivity index (χ4n) is 2.01. The third-order valence-electron chi connectivity index (χ3n) is 3.39. The molecular weight excluding hydrogens is 300 g/mol. The Hall–Kier alpha value is -1.14. The first-order chi connectivity index (χ1) is 11.2. The third kappa shape index (κ3) is 17.1. The second kappa shape index (κ2) is 17.2. The van der Waals surface area contributed by atoms with Gasteiger partial charge >= 0.3 is 11.9 Å². The fourth-order valence-corrected chi connectivity index (χ4v) is 2.01. The highest BCUT2D eigenvalue weighted by atomic mass is 16.5. The van der Waals surface area contributed by atoms with Gasteiger partial charge in [0.15, 0.2) is 0 Å². The van der Waals surface area contributed by atoms with Crippen molar-refractivity contribution in [1.29, 1.82) is 0 Å². The topological polar surface area (TPSA) is 93.1 Å². The molecule has 6 nitrogen and oxygen atoms in total. The minimum atomic E-state index is -0.183. The summed E-state index contributed by atoms with van der Waals surface area (Å²) in [5, 5.41) is 17.2. The van der Waals surface area contributed by atoms with Crippen LogP contribution in [0.3, 0.4) is 0 Å². The van der Waals surface area contributed by atoms with Crippen molar-refractivity contribution in [2.75, 3.05) is 26.4 Å². The van der Waals surface area contributed by atoms with Gasteiger partial charge in [-0.1, -0.05) is 12.8 Å². The normalized spacial score (nSPS) is 10.5. The summed E-state index contributed by atoms with van der Waals surface area (Å²) in [6, 6.07) is 0. The monoisotopic (exact) mass is 332 g/mol. The van der Waals surface area contributed by atoms with Crippen molar-refractivity contribution in [3.63, 3.8) is 0 Å². The Morgan fingerprint density at radius 1 is 0.565 bits per heavy atom. The number of rotatable bonds is 16. The second-order valence-corrected chi connectivity index (χ2v) is 5.57. The average molecular weight is 332 g/mol. The molecule has 0 saturated carbocycles. The predicted molar refractivity (Wildman–Crippen MR) is 86.9 cm³/mol. The highest BCUT2D eigenvalue weighted by Crippen LogP contribution is 2.04. The molecule has 0 rings (SSSR count). The molecule has 6 heteroatoms. The van der Waals surface area contributed by atoms with Crippen molar-refractivity contribution >= 4 is 11.9 Å². The molecule has 23 heavy (non-hydrogen) atoms. The summed E-state index contributed by atoms with van der Waals surface area (Å²) in [5.74, 6) is -0.366. The number of unbranched alkanes of at least 4 members (excludes halogenated alkanes) is 6. The Morgan fingerprint density at radius 3 is 1.35 bits per heavy atom. The SMILES string of the molecule is O=C(CCCCCO)OCCCCCOC(=O)CCCCCO. The van der Waals surface area contributed by atoms with Crippen LogP contribution in [0.5, 0.6) is 0 Å². The highest BCUT2D eigenvalue weighted by molar-refractivity contribution is 5.69. The molecule has 0 heterocycles. The molecule has 0 radical (unpaired) electrons. The summed E-state index contributed by atoms with van der Waals surface area (Å²) in [6.07, 6.45) is 7.89. The number of aliphatic hydroxyl groups excluding tert-OH is 2. The molecular formula is C17H32O6. The van der Waals surface area contributed by atoms with Gasteiger partial charge in [-0.05, 0) is 44.9 Å². The Morgan fingerprint density at radius 2 is 0.957 bits per heavy atom. The summed E-state index contributed by atoms with van der Waals surface area (Å²) in [4.78, 5) is 22.7. The second-order valence-electron chi connectivity index (χ2n) is 5.57. The van der Waals surface area contributed by atoms with Gasteiger partial charge in [0.05, 0.1) is 13.2 Å². The van der Waals surface area contributed by atoms with Crippen LogP contribution < -0.4 is 0 Å². The van der Waals surface area contributed by atoms with Gasteiger partial charge in [0, 0.05) is 26.1 Å². The molecule has 0 aromatic heterocycles. The standard InChI is InChI=1S/C17H32O6/c18-12-6-1-4-10-16(20)22-14-8-3-9-15-23-17(21)11-5-2-7-13-19/h18-19H,1-15H2. The lowest BCUT2D eigenvalue weighted by molar-refractivity contribution is -0.144. The van der Waals surface area contributed by atoms with Gasteiger partial charge in [0.25, 0.3) is 0 Å². The first-order valence-corrected chi connectivity index (χ1v) is 8.73. The molecule has 0 aliphatic carbocycles. The maximum atomic E-state index is 11.4. The number of carbonyl (C=O) groups excluding carboxylic acids is 2. The minimum Gasteiger partial charge on any atom is -0.466 e. The van der Waals surface area contributed by atoms with Crippen molar-refractivity contribution < 1.29 is 29.3 Å². The zero-order chi connectivity index (χ0) is 17.2. The molecule has 0 fully saturated rings. The van der Waals surface area contributed by atoms with Gasteiger partial charge in [-0.2, -0.15) is 0 Å².